The number of esters is 4. The van der Waals surface area contributed by atoms with Crippen LogP contribution >= 0.6 is 92.2 Å². The van der Waals surface area contributed by atoms with Crippen LogP contribution in [0.15, 0.2) is 45.8 Å². The number of nitrogens with two attached hydrogens (primary N) is 1. The maximum absolute atomic E-state index is 13.8. The van der Waals surface area contributed by atoms with Gasteiger partial charge in [0.2, 0.25) is 22.8 Å². The number of thiazole rings is 3. The Morgan fingerprint density at radius 3 is 1.37 bits per heavy atom. The van der Waals surface area contributed by atoms with Crippen LogP contribution in [0.2, 0.25) is 19.8 Å². The summed E-state index contributed by atoms with van der Waals surface area (Å²) >= 11 is 28.8. The van der Waals surface area contributed by atoms with Gasteiger partial charge in [0.25, 0.3) is 5.78 Å². The van der Waals surface area contributed by atoms with E-state index in [1.54, 1.807) is 128 Å². The van der Waals surface area contributed by atoms with Gasteiger partial charge in [0.1, 0.15) is 64.9 Å². The number of ketones is 2. The third-order valence-electron chi connectivity index (χ3n) is 11.5. The van der Waals surface area contributed by atoms with Gasteiger partial charge in [-0.05, 0) is 148 Å². The molecule has 6 rings (SSSR count). The zero-order valence-corrected chi connectivity index (χ0v) is 62.4. The summed E-state index contributed by atoms with van der Waals surface area (Å²) in [5.74, 6) is -2.24. The van der Waals surface area contributed by atoms with Gasteiger partial charge in [-0.15, -0.1) is 57.4 Å². The topological polar surface area (TPSA) is 361 Å². The molecule has 1 amide bonds. The molecule has 2 aliphatic heterocycles. The minimum Gasteiger partial charge on any atom is -0.497 e. The van der Waals surface area contributed by atoms with E-state index < -0.39 is 104 Å². The van der Waals surface area contributed by atoms with E-state index in [0.29, 0.717) is 32.1 Å². The molecule has 2 radical (unpaired) electrons. The number of hydrogen-bond acceptors (Lipinski definition) is 27. The number of thioether (sulfide) groups is 1. The highest BCUT2D eigenvalue weighted by Gasteiger charge is 2.54. The number of fused-ring (bicyclic) bond motifs is 1. The van der Waals surface area contributed by atoms with Gasteiger partial charge in [0.05, 0.1) is 41.3 Å². The predicted molar refractivity (Wildman–Crippen MR) is 384 cm³/mol. The fraction of sp³-hybridized carbons (Fsp3) is 0.556. The molecule has 98 heavy (non-hydrogen) atoms. The number of aromatic nitrogens is 3. The number of halogens is 4. The number of alkyl halides is 1. The van der Waals surface area contributed by atoms with Crippen molar-refractivity contribution in [3.63, 3.8) is 0 Å². The Balaban J connectivity index is 0. The maximum atomic E-state index is 13.8. The minimum atomic E-state index is -1.55. The number of carboxylic acid groups (broad SMARTS) is 2. The highest BCUT2D eigenvalue weighted by atomic mass is 35.5. The summed E-state index contributed by atoms with van der Waals surface area (Å²) in [7, 11) is 6.06. The molecule has 0 saturated carbocycles. The van der Waals surface area contributed by atoms with Crippen molar-refractivity contribution in [3.8, 4) is 5.75 Å². The molecule has 0 spiro atoms. The summed E-state index contributed by atoms with van der Waals surface area (Å²) < 4.78 is 26.9. The number of carbonyl (C=O) groups excluding carboxylic acids is 7. The van der Waals surface area contributed by atoms with E-state index in [4.69, 9.17) is 90.8 Å². The molecule has 546 valence electrons. The third-order valence-corrected chi connectivity index (χ3v) is 16.8. The lowest BCUT2D eigenvalue weighted by Crippen LogP contribution is -2.62. The smallest absolute Gasteiger partial charge is 0.379 e. The van der Waals surface area contributed by atoms with E-state index in [0.717, 1.165) is 39.6 Å². The van der Waals surface area contributed by atoms with Gasteiger partial charge in [-0.1, -0.05) is 86.4 Å². The first-order chi connectivity index (χ1) is 43.6. The van der Waals surface area contributed by atoms with Gasteiger partial charge in [-0.2, -0.15) is 0 Å². The quantitative estimate of drug-likeness (QED) is 0.00802. The molecule has 4 aromatic rings. The molecule has 5 heterocycles. The van der Waals surface area contributed by atoms with Crippen LogP contribution < -0.4 is 10.6 Å². The van der Waals surface area contributed by atoms with Crippen molar-refractivity contribution in [1.29, 1.82) is 0 Å². The van der Waals surface area contributed by atoms with Crippen LogP contribution in [0.25, 0.3) is 0 Å². The number of β-lactam (4-membered cyclic amide) rings is 1. The highest BCUT2D eigenvalue weighted by molar-refractivity contribution is 8.00. The number of ether oxygens (including phenoxy) is 5. The van der Waals surface area contributed by atoms with Crippen molar-refractivity contribution < 1.29 is 91.6 Å². The first-order valence-electron chi connectivity index (χ1n) is 28.2. The zero-order valence-electron chi connectivity index (χ0n) is 56.1. The van der Waals surface area contributed by atoms with E-state index in [-0.39, 0.29) is 82.7 Å². The molecule has 1 fully saturated rings. The Morgan fingerprint density at radius 2 is 1.02 bits per heavy atom. The Labute approximate surface area is 610 Å². The number of methoxy groups -OCH3 is 1. The van der Waals surface area contributed by atoms with Crippen molar-refractivity contribution in [3.05, 3.63) is 86.2 Å². The summed E-state index contributed by atoms with van der Waals surface area (Å²) in [6.07, 6.45) is -0.265. The lowest BCUT2D eigenvalue weighted by atomic mass is 9.89. The van der Waals surface area contributed by atoms with Gasteiger partial charge in [-0.3, -0.25) is 24.1 Å². The summed E-state index contributed by atoms with van der Waals surface area (Å²) in [6.45, 7) is 31.1. The van der Waals surface area contributed by atoms with Gasteiger partial charge >= 0.3 is 35.8 Å². The van der Waals surface area contributed by atoms with Crippen LogP contribution in [0.4, 0.5) is 0 Å². The first-order valence-corrected chi connectivity index (χ1v) is 33.4. The number of rotatable bonds is 21. The second-order valence-corrected chi connectivity index (χ2v) is 31.2. The van der Waals surface area contributed by atoms with E-state index in [2.05, 4.69) is 37.9 Å². The molecule has 0 aliphatic carbocycles. The Morgan fingerprint density at radius 1 is 0.633 bits per heavy atom. The molecule has 1 saturated heterocycles. The van der Waals surface area contributed by atoms with Crippen molar-refractivity contribution in [2.75, 3.05) is 18.7 Å². The molecule has 2 atom stereocenters. The Kier molecular flexibility index (Phi) is 37.9. The second kappa shape index (κ2) is 39.6. The van der Waals surface area contributed by atoms with Crippen LogP contribution in [-0.4, -0.2) is 160 Å². The SMILES string of the molecule is C.C.C.CC(C)(C)OC(=O)C(C)(C)ON.COc1ccc(COC(=O)C2=C(CCl)CSC3[C@H](CC(=O)/C(=N\OC(C)(C)C(=O)OC(C)(C)C)c4nc(C)sc4Cl)C(=O)N23)cc1.Cc1nc(/C(=N/OC(C)(C)C(=O)OC(C)(C)C)C(=O)O)c(Cl)s1.Cc1nc(C(=O)C(=O)O)c(Cl)s1.[B]C. The molecule has 26 nitrogen and oxygen atoms in total. The standard InChI is InChI=1S/C31H35Cl2N3O8S2.C14H19ClN2O5S.C8H17NO3.C6H4ClNO3S.CH3B.3CH4/c1-16-34-23(25(33)46-16)22(35-44-31(5,6)29(40)43-30(2,3)4)21(37)12-20-26(38)36-24(18(13-32)15-45-27(20)36)28(39)42-14-17-8-10-19(41-7)11-9-17;1-7-16-8(10(15)23-7)9(11(18)19)17-22-14(5,6)12(20)21-13(2,3)4;1-7(2,3)11-6(10)8(4,5)12-9;1-2-8-3(5(7)12-2)4(9)6(10)11;1-2;;;/h8-11,20,27H,12-15H2,1-7H3;1-6H3,(H,18,19);9H2,1-5H3;1H3,(H,10,11);1H3;3*1H4/b35-22+;17-9-;;;;;;/t20-,27?;;;;;;;/m1......./s1. The lowest BCUT2D eigenvalue weighted by Gasteiger charge is -2.49. The lowest BCUT2D eigenvalue weighted by molar-refractivity contribution is -0.180. The average Bonchev–Trinajstić information content (AvgIpc) is 1.04. The van der Waals surface area contributed by atoms with E-state index in [9.17, 15) is 48.3 Å². The number of carbonyl (C=O) groups is 9. The fourth-order valence-corrected chi connectivity index (χ4v) is 12.0. The van der Waals surface area contributed by atoms with Crippen molar-refractivity contribution in [2.45, 2.75) is 206 Å². The van der Waals surface area contributed by atoms with Crippen LogP contribution in [0.5, 0.6) is 5.75 Å². The second-order valence-electron chi connectivity index (χ2n) is 24.4. The number of hydrogen-bond donors (Lipinski definition) is 3. The Hall–Kier alpha value is -6.29. The van der Waals surface area contributed by atoms with E-state index >= 15 is 0 Å². The summed E-state index contributed by atoms with van der Waals surface area (Å²) in [4.78, 5) is 138. The van der Waals surface area contributed by atoms with Gasteiger partial charge in [0.15, 0.2) is 17.1 Å². The number of carboxylic acids is 2. The molecule has 1 unspecified atom stereocenters. The monoisotopic (exact) mass is 1530 g/mol. The first kappa shape index (κ1) is 93.8. The van der Waals surface area contributed by atoms with E-state index in [1.807, 2.05) is 0 Å². The number of amides is 1. The van der Waals surface area contributed by atoms with Gasteiger partial charge in [-0.25, -0.2) is 49.6 Å². The zero-order chi connectivity index (χ0) is 73.3. The number of Topliss-reactive ketones (excluding diaryl/α,β-unsaturated/α-hetero) is 2. The molecule has 0 bridgehead atoms. The maximum Gasteiger partial charge on any atom is 0.379 e. The summed E-state index contributed by atoms with van der Waals surface area (Å²) in [5, 5.41) is 26.4. The number of aryl methyl sites for hydroxylation is 3. The minimum absolute atomic E-state index is 0. The Bertz CT molecular complexity index is 3530. The van der Waals surface area contributed by atoms with Gasteiger partial charge < -0.3 is 43.6 Å². The molecule has 2 aliphatic rings. The molecule has 4 N–H and O–H groups in total. The van der Waals surface area contributed by atoms with Gasteiger partial charge in [0, 0.05) is 18.1 Å². The normalized spacial score (nSPS) is 14.5. The van der Waals surface area contributed by atoms with Crippen LogP contribution in [0.3, 0.4) is 0 Å². The fourth-order valence-electron chi connectivity index (χ4n) is 6.94. The molecule has 1 aromatic carbocycles. The van der Waals surface area contributed by atoms with Crippen LogP contribution in [0.1, 0.15) is 175 Å². The van der Waals surface area contributed by atoms with Crippen LogP contribution in [-0.2, 0) is 78.4 Å². The molecule has 35 heteroatoms. The van der Waals surface area contributed by atoms with Crippen molar-refractivity contribution >= 4 is 165 Å². The number of benzene rings is 1. The predicted octanol–water partition coefficient (Wildman–Crippen LogP) is 13.2. The number of nitrogens with zero attached hydrogens (tertiary/aromatic N) is 6. The van der Waals surface area contributed by atoms with Crippen LogP contribution in [0, 0.1) is 26.7 Å². The highest BCUT2D eigenvalue weighted by Crippen LogP contribution is 2.46. The number of oxime groups is 2. The van der Waals surface area contributed by atoms with Crippen molar-refractivity contribution in [1.82, 2.24) is 19.9 Å². The summed E-state index contributed by atoms with van der Waals surface area (Å²) in [6, 6.07) is 7.04. The summed E-state index contributed by atoms with van der Waals surface area (Å²) in [5.41, 5.74) is -5.48. The largest absolute Gasteiger partial charge is 0.497 e. The third kappa shape index (κ3) is 28.4. The average molecular weight is 1530 g/mol. The number of aliphatic carboxylic acids is 2. The molecular weight excluding hydrogens is 1440 g/mol. The van der Waals surface area contributed by atoms with E-state index in [1.165, 1.54) is 51.2 Å². The molecule has 3 aromatic heterocycles. The van der Waals surface area contributed by atoms with Crippen molar-refractivity contribution in [2.24, 2.45) is 22.1 Å². The molecular formula is C63H90BCl4N7O19S4.